The van der Waals surface area contributed by atoms with Gasteiger partial charge < -0.3 is 9.47 Å². The van der Waals surface area contributed by atoms with Gasteiger partial charge in [0.2, 0.25) is 5.78 Å². The fourth-order valence-corrected chi connectivity index (χ4v) is 1.72. The third-order valence-corrected chi connectivity index (χ3v) is 2.52. The molecule has 1 heterocycles. The third-order valence-electron chi connectivity index (χ3n) is 2.52. The van der Waals surface area contributed by atoms with Crippen molar-refractivity contribution in [2.45, 2.75) is 12.8 Å². The van der Waals surface area contributed by atoms with Crippen LogP contribution in [0.25, 0.3) is 0 Å². The van der Waals surface area contributed by atoms with Gasteiger partial charge in [0.15, 0.2) is 5.76 Å². The molecule has 1 aromatic carbocycles. The average Bonchev–Trinajstić information content (AvgIpc) is 2.83. The van der Waals surface area contributed by atoms with E-state index in [-0.39, 0.29) is 5.78 Å². The molecular formula is C13H14O3. The number of benzene rings is 1. The SMILES string of the molecule is COc1ccccc1CC(=O)C1=CCCO1. The maximum atomic E-state index is 11.8. The molecule has 16 heavy (non-hydrogen) atoms. The van der Waals surface area contributed by atoms with Crippen LogP contribution < -0.4 is 4.74 Å². The van der Waals surface area contributed by atoms with E-state index in [2.05, 4.69) is 0 Å². The molecule has 0 spiro atoms. The lowest BCUT2D eigenvalue weighted by Crippen LogP contribution is -2.07. The molecule has 1 aromatic rings. The van der Waals surface area contributed by atoms with Crippen molar-refractivity contribution in [1.82, 2.24) is 0 Å². The van der Waals surface area contributed by atoms with Crippen molar-refractivity contribution < 1.29 is 14.3 Å². The number of hydrogen-bond donors (Lipinski definition) is 0. The first kappa shape index (κ1) is 10.7. The Hall–Kier alpha value is -1.77. The van der Waals surface area contributed by atoms with E-state index in [4.69, 9.17) is 9.47 Å². The molecule has 0 amide bonds. The highest BCUT2D eigenvalue weighted by Crippen LogP contribution is 2.20. The van der Waals surface area contributed by atoms with E-state index < -0.39 is 0 Å². The second-order valence-electron chi connectivity index (χ2n) is 3.62. The molecule has 0 saturated heterocycles. The summed E-state index contributed by atoms with van der Waals surface area (Å²) in [6, 6.07) is 7.53. The fourth-order valence-electron chi connectivity index (χ4n) is 1.72. The number of methoxy groups -OCH3 is 1. The molecule has 0 bridgehead atoms. The minimum Gasteiger partial charge on any atom is -0.496 e. The molecule has 0 atom stereocenters. The highest BCUT2D eigenvalue weighted by Gasteiger charge is 2.16. The first-order chi connectivity index (χ1) is 7.81. The average molecular weight is 218 g/mol. The molecule has 0 N–H and O–H groups in total. The second-order valence-corrected chi connectivity index (χ2v) is 3.62. The first-order valence-corrected chi connectivity index (χ1v) is 5.29. The summed E-state index contributed by atoms with van der Waals surface area (Å²) in [5.74, 6) is 1.25. The van der Waals surface area contributed by atoms with Gasteiger partial charge in [0, 0.05) is 18.4 Å². The van der Waals surface area contributed by atoms with Gasteiger partial charge in [-0.05, 0) is 12.1 Å². The molecule has 84 valence electrons. The van der Waals surface area contributed by atoms with E-state index in [0.29, 0.717) is 18.8 Å². The van der Waals surface area contributed by atoms with E-state index in [1.165, 1.54) is 0 Å². The van der Waals surface area contributed by atoms with Crippen molar-refractivity contribution in [1.29, 1.82) is 0 Å². The molecule has 3 heteroatoms. The fraction of sp³-hybridized carbons (Fsp3) is 0.308. The summed E-state index contributed by atoms with van der Waals surface area (Å²) < 4.78 is 10.4. The van der Waals surface area contributed by atoms with Crippen molar-refractivity contribution >= 4 is 5.78 Å². The molecule has 1 aliphatic heterocycles. The number of Topliss-reactive ketones (excluding diaryl/α,β-unsaturated/α-hetero) is 1. The van der Waals surface area contributed by atoms with Gasteiger partial charge in [-0.3, -0.25) is 4.79 Å². The number of para-hydroxylation sites is 1. The Kier molecular flexibility index (Phi) is 3.25. The summed E-state index contributed by atoms with van der Waals surface area (Å²) >= 11 is 0. The van der Waals surface area contributed by atoms with Crippen LogP contribution in [0.4, 0.5) is 0 Å². The lowest BCUT2D eigenvalue weighted by Gasteiger charge is -2.07. The minimum absolute atomic E-state index is 0.0157. The standard InChI is InChI=1S/C13H14O3/c1-15-12-6-3-2-5-10(12)9-11(14)13-7-4-8-16-13/h2-3,5-7H,4,8-9H2,1H3. The van der Waals surface area contributed by atoms with Gasteiger partial charge in [-0.15, -0.1) is 0 Å². The van der Waals surface area contributed by atoms with Crippen LogP contribution in [0.15, 0.2) is 36.1 Å². The molecule has 0 unspecified atom stereocenters. The molecule has 2 rings (SSSR count). The number of ketones is 1. The van der Waals surface area contributed by atoms with Crippen LogP contribution in [0.2, 0.25) is 0 Å². The summed E-state index contributed by atoms with van der Waals surface area (Å²) in [6.45, 7) is 0.618. The largest absolute Gasteiger partial charge is 0.496 e. The Bertz CT molecular complexity index is 421. The van der Waals surface area contributed by atoms with Crippen LogP contribution in [-0.2, 0) is 16.0 Å². The van der Waals surface area contributed by atoms with Gasteiger partial charge >= 0.3 is 0 Å². The van der Waals surface area contributed by atoms with E-state index >= 15 is 0 Å². The zero-order valence-corrected chi connectivity index (χ0v) is 9.23. The molecule has 0 saturated carbocycles. The van der Waals surface area contributed by atoms with E-state index in [0.717, 1.165) is 17.7 Å². The summed E-state index contributed by atoms with van der Waals surface area (Å²) in [5, 5.41) is 0. The molecular weight excluding hydrogens is 204 g/mol. The lowest BCUT2D eigenvalue weighted by molar-refractivity contribution is -0.117. The number of carbonyl (C=O) groups excluding carboxylic acids is 1. The topological polar surface area (TPSA) is 35.5 Å². The van der Waals surface area contributed by atoms with Crippen LogP contribution in [-0.4, -0.2) is 19.5 Å². The van der Waals surface area contributed by atoms with Gasteiger partial charge in [-0.1, -0.05) is 18.2 Å². The Morgan fingerprint density at radius 3 is 2.94 bits per heavy atom. The van der Waals surface area contributed by atoms with Crippen LogP contribution >= 0.6 is 0 Å². The normalized spacial score (nSPS) is 14.2. The Morgan fingerprint density at radius 2 is 2.25 bits per heavy atom. The molecule has 1 aliphatic rings. The monoisotopic (exact) mass is 218 g/mol. The minimum atomic E-state index is 0.0157. The van der Waals surface area contributed by atoms with Crippen molar-refractivity contribution in [3.63, 3.8) is 0 Å². The zero-order chi connectivity index (χ0) is 11.4. The summed E-state index contributed by atoms with van der Waals surface area (Å²) in [7, 11) is 1.61. The Labute approximate surface area is 94.7 Å². The molecule has 3 nitrogen and oxygen atoms in total. The van der Waals surface area contributed by atoms with Gasteiger partial charge in [0.05, 0.1) is 13.7 Å². The van der Waals surface area contributed by atoms with Gasteiger partial charge in [0.25, 0.3) is 0 Å². The predicted molar refractivity (Wildman–Crippen MR) is 60.4 cm³/mol. The van der Waals surface area contributed by atoms with E-state index in [1.54, 1.807) is 7.11 Å². The summed E-state index contributed by atoms with van der Waals surface area (Å²) in [6.07, 6.45) is 3.00. The smallest absolute Gasteiger partial charge is 0.201 e. The van der Waals surface area contributed by atoms with E-state index in [9.17, 15) is 4.79 Å². The quantitative estimate of drug-likeness (QED) is 0.776. The molecule has 0 fully saturated rings. The summed E-state index contributed by atoms with van der Waals surface area (Å²) in [5.41, 5.74) is 0.895. The second kappa shape index (κ2) is 4.84. The maximum Gasteiger partial charge on any atom is 0.201 e. The van der Waals surface area contributed by atoms with Crippen LogP contribution in [0.1, 0.15) is 12.0 Å². The number of rotatable bonds is 4. The predicted octanol–water partition coefficient (Wildman–Crippen LogP) is 2.11. The Balaban J connectivity index is 2.11. The number of ether oxygens (including phenoxy) is 2. The maximum absolute atomic E-state index is 11.8. The molecule has 0 aliphatic carbocycles. The van der Waals surface area contributed by atoms with Gasteiger partial charge in [-0.25, -0.2) is 0 Å². The lowest BCUT2D eigenvalue weighted by atomic mass is 10.1. The number of hydrogen-bond acceptors (Lipinski definition) is 3. The first-order valence-electron chi connectivity index (χ1n) is 5.29. The van der Waals surface area contributed by atoms with Crippen molar-refractivity contribution in [2.24, 2.45) is 0 Å². The molecule has 0 aromatic heterocycles. The number of allylic oxidation sites excluding steroid dienone is 1. The Morgan fingerprint density at radius 1 is 1.44 bits per heavy atom. The van der Waals surface area contributed by atoms with Crippen LogP contribution in [0, 0.1) is 0 Å². The van der Waals surface area contributed by atoms with Gasteiger partial charge in [-0.2, -0.15) is 0 Å². The highest BCUT2D eigenvalue weighted by molar-refractivity contribution is 5.95. The zero-order valence-electron chi connectivity index (χ0n) is 9.23. The highest BCUT2D eigenvalue weighted by atomic mass is 16.5. The van der Waals surface area contributed by atoms with Gasteiger partial charge in [0.1, 0.15) is 5.75 Å². The van der Waals surface area contributed by atoms with E-state index in [1.807, 2.05) is 30.3 Å². The van der Waals surface area contributed by atoms with Crippen LogP contribution in [0.5, 0.6) is 5.75 Å². The number of carbonyl (C=O) groups is 1. The van der Waals surface area contributed by atoms with Crippen molar-refractivity contribution in [3.05, 3.63) is 41.7 Å². The summed E-state index contributed by atoms with van der Waals surface area (Å²) in [4.78, 5) is 11.8. The van der Waals surface area contributed by atoms with Crippen molar-refractivity contribution in [2.75, 3.05) is 13.7 Å². The molecule has 0 radical (unpaired) electrons. The van der Waals surface area contributed by atoms with Crippen LogP contribution in [0.3, 0.4) is 0 Å². The van der Waals surface area contributed by atoms with Crippen molar-refractivity contribution in [3.8, 4) is 5.75 Å². The third kappa shape index (κ3) is 2.24.